The Morgan fingerprint density at radius 1 is 1.24 bits per heavy atom. The lowest BCUT2D eigenvalue weighted by molar-refractivity contribution is -0.129. The molecule has 1 aromatic rings. The van der Waals surface area contributed by atoms with Crippen LogP contribution in [0.2, 0.25) is 0 Å². The topological polar surface area (TPSA) is 69.0 Å². The van der Waals surface area contributed by atoms with E-state index in [4.69, 9.17) is 4.74 Å². The number of ether oxygens (including phenoxy) is 1. The van der Waals surface area contributed by atoms with Crippen LogP contribution in [0.4, 0.5) is 0 Å². The first-order valence-corrected chi connectivity index (χ1v) is 11.3. The molecule has 6 heteroatoms. The molecular formula is C23H36N4O2. The molecule has 1 aliphatic carbocycles. The second-order valence-corrected chi connectivity index (χ2v) is 9.15. The predicted octanol–water partition coefficient (Wildman–Crippen LogP) is 3.87. The van der Waals surface area contributed by atoms with Crippen LogP contribution in [0.1, 0.15) is 90.8 Å². The molecular weight excluding hydrogens is 364 g/mol. The first-order chi connectivity index (χ1) is 13.9. The van der Waals surface area contributed by atoms with E-state index >= 15 is 0 Å². The number of carbonyl (C=O) groups excluding carboxylic acids is 1. The van der Waals surface area contributed by atoms with Gasteiger partial charge in [-0.25, -0.2) is 4.68 Å². The molecule has 0 spiro atoms. The van der Waals surface area contributed by atoms with Crippen molar-refractivity contribution in [2.24, 2.45) is 11.8 Å². The van der Waals surface area contributed by atoms with Crippen LogP contribution in [0.25, 0.3) is 0 Å². The third-order valence-corrected chi connectivity index (χ3v) is 6.19. The van der Waals surface area contributed by atoms with Crippen molar-refractivity contribution in [2.75, 3.05) is 0 Å². The molecule has 3 rings (SSSR count). The van der Waals surface area contributed by atoms with Gasteiger partial charge in [-0.15, -0.1) is 5.10 Å². The molecule has 29 heavy (non-hydrogen) atoms. The molecule has 1 saturated heterocycles. The third-order valence-electron chi connectivity index (χ3n) is 6.19. The Kier molecular flexibility index (Phi) is 7.71. The van der Waals surface area contributed by atoms with Crippen LogP contribution in [0.5, 0.6) is 0 Å². The van der Waals surface area contributed by atoms with Gasteiger partial charge in [0.1, 0.15) is 0 Å². The SMILES string of the molecule is CC(C)NC(=O)[C@H](C)[C@H]1CC[C@@H](C[C@@H](C)n2cc(C#CCC3CCCC3)nn2)O1. The number of nitrogens with zero attached hydrogens (tertiary/aromatic N) is 3. The van der Waals surface area contributed by atoms with Crippen LogP contribution >= 0.6 is 0 Å². The monoisotopic (exact) mass is 400 g/mol. The van der Waals surface area contributed by atoms with Crippen molar-refractivity contribution in [1.29, 1.82) is 0 Å². The zero-order valence-electron chi connectivity index (χ0n) is 18.4. The highest BCUT2D eigenvalue weighted by atomic mass is 16.5. The van der Waals surface area contributed by atoms with Crippen LogP contribution in [-0.2, 0) is 9.53 Å². The summed E-state index contributed by atoms with van der Waals surface area (Å²) in [4.78, 5) is 12.2. The maximum Gasteiger partial charge on any atom is 0.225 e. The van der Waals surface area contributed by atoms with E-state index in [1.165, 1.54) is 25.7 Å². The molecule has 2 heterocycles. The minimum absolute atomic E-state index is 0.00119. The maximum atomic E-state index is 12.2. The largest absolute Gasteiger partial charge is 0.374 e. The second kappa shape index (κ2) is 10.2. The molecule has 1 aliphatic heterocycles. The Labute approximate surface area is 175 Å². The highest BCUT2D eigenvalue weighted by Crippen LogP contribution is 2.30. The van der Waals surface area contributed by atoms with Crippen molar-refractivity contribution in [1.82, 2.24) is 20.3 Å². The average molecular weight is 401 g/mol. The normalized spacial score (nSPS) is 24.3. The van der Waals surface area contributed by atoms with Crippen LogP contribution in [-0.4, -0.2) is 39.2 Å². The molecule has 1 aromatic heterocycles. The van der Waals surface area contributed by atoms with Crippen molar-refractivity contribution < 1.29 is 9.53 Å². The van der Waals surface area contributed by atoms with Crippen molar-refractivity contribution in [3.8, 4) is 11.8 Å². The van der Waals surface area contributed by atoms with Gasteiger partial charge in [-0.05, 0) is 64.7 Å². The fourth-order valence-corrected chi connectivity index (χ4v) is 4.40. The molecule has 160 valence electrons. The predicted molar refractivity (Wildman–Crippen MR) is 113 cm³/mol. The molecule has 6 nitrogen and oxygen atoms in total. The van der Waals surface area contributed by atoms with E-state index in [0.717, 1.165) is 37.3 Å². The summed E-state index contributed by atoms with van der Waals surface area (Å²) in [6.45, 7) is 8.06. The fourth-order valence-electron chi connectivity index (χ4n) is 4.40. The number of hydrogen-bond donors (Lipinski definition) is 1. The van der Waals surface area contributed by atoms with E-state index in [9.17, 15) is 4.79 Å². The number of aromatic nitrogens is 3. The van der Waals surface area contributed by atoms with Gasteiger partial charge in [-0.1, -0.05) is 30.9 Å². The molecule has 0 bridgehead atoms. The molecule has 1 N–H and O–H groups in total. The van der Waals surface area contributed by atoms with E-state index in [2.05, 4.69) is 34.4 Å². The molecule has 0 unspecified atom stereocenters. The molecule has 0 radical (unpaired) electrons. The van der Waals surface area contributed by atoms with Crippen molar-refractivity contribution >= 4 is 5.91 Å². The minimum atomic E-state index is -0.120. The lowest BCUT2D eigenvalue weighted by Crippen LogP contribution is -2.39. The summed E-state index contributed by atoms with van der Waals surface area (Å²) in [7, 11) is 0. The van der Waals surface area contributed by atoms with Crippen LogP contribution in [0.15, 0.2) is 6.20 Å². The van der Waals surface area contributed by atoms with Crippen molar-refractivity contribution in [3.05, 3.63) is 11.9 Å². The van der Waals surface area contributed by atoms with Crippen molar-refractivity contribution in [2.45, 2.75) is 103 Å². The van der Waals surface area contributed by atoms with Gasteiger partial charge >= 0.3 is 0 Å². The molecule has 4 atom stereocenters. The summed E-state index contributed by atoms with van der Waals surface area (Å²) in [6.07, 6.45) is 11.2. The number of amides is 1. The summed E-state index contributed by atoms with van der Waals surface area (Å²) in [5, 5.41) is 11.5. The van der Waals surface area contributed by atoms with Crippen LogP contribution in [0, 0.1) is 23.7 Å². The number of hydrogen-bond acceptors (Lipinski definition) is 4. The van der Waals surface area contributed by atoms with Crippen LogP contribution in [0.3, 0.4) is 0 Å². The van der Waals surface area contributed by atoms with Gasteiger partial charge in [0.2, 0.25) is 5.91 Å². The van der Waals surface area contributed by atoms with Gasteiger partial charge in [0.05, 0.1) is 30.4 Å². The molecule has 2 fully saturated rings. The van der Waals surface area contributed by atoms with Gasteiger partial charge in [-0.3, -0.25) is 4.79 Å². The van der Waals surface area contributed by atoms with Gasteiger partial charge < -0.3 is 10.1 Å². The first-order valence-electron chi connectivity index (χ1n) is 11.3. The lowest BCUT2D eigenvalue weighted by atomic mass is 10.00. The Hall–Kier alpha value is -1.87. The van der Waals surface area contributed by atoms with E-state index in [1.807, 2.05) is 31.6 Å². The minimum Gasteiger partial charge on any atom is -0.374 e. The third kappa shape index (κ3) is 6.30. The second-order valence-electron chi connectivity index (χ2n) is 9.15. The Morgan fingerprint density at radius 2 is 2.00 bits per heavy atom. The number of nitrogens with one attached hydrogen (secondary N) is 1. The smallest absolute Gasteiger partial charge is 0.225 e. The standard InChI is InChI=1S/C23H36N4O2/c1-16(2)24-23(28)18(4)22-13-12-21(29-22)14-17(3)27-15-20(25-26-27)11-7-10-19-8-5-6-9-19/h15-19,21-22H,5-6,8-10,12-14H2,1-4H3,(H,24,28)/t17-,18-,21+,22-/m1/s1. The van der Waals surface area contributed by atoms with Gasteiger partial charge in [0, 0.05) is 12.5 Å². The van der Waals surface area contributed by atoms with Gasteiger partial charge in [-0.2, -0.15) is 0 Å². The lowest BCUT2D eigenvalue weighted by Gasteiger charge is -2.22. The molecule has 1 saturated carbocycles. The Bertz CT molecular complexity index is 727. The summed E-state index contributed by atoms with van der Waals surface area (Å²) in [5.41, 5.74) is 0.749. The summed E-state index contributed by atoms with van der Waals surface area (Å²) >= 11 is 0. The van der Waals surface area contributed by atoms with E-state index in [-0.39, 0.29) is 36.1 Å². The number of rotatable bonds is 7. The van der Waals surface area contributed by atoms with E-state index in [0.29, 0.717) is 0 Å². The highest BCUT2D eigenvalue weighted by molar-refractivity contribution is 5.79. The quantitative estimate of drug-likeness (QED) is 0.706. The van der Waals surface area contributed by atoms with Gasteiger partial charge in [0.15, 0.2) is 5.69 Å². The molecule has 2 aliphatic rings. The van der Waals surface area contributed by atoms with Crippen LogP contribution < -0.4 is 5.32 Å². The van der Waals surface area contributed by atoms with E-state index in [1.54, 1.807) is 0 Å². The zero-order chi connectivity index (χ0) is 20.8. The number of carbonyl (C=O) groups is 1. The first kappa shape index (κ1) is 21.8. The highest BCUT2D eigenvalue weighted by Gasteiger charge is 2.34. The fraction of sp³-hybridized carbons (Fsp3) is 0.783. The zero-order valence-corrected chi connectivity index (χ0v) is 18.4. The molecule has 0 aromatic carbocycles. The summed E-state index contributed by atoms with van der Waals surface area (Å²) in [6, 6.07) is 0.348. The maximum absolute atomic E-state index is 12.2. The van der Waals surface area contributed by atoms with E-state index < -0.39 is 0 Å². The summed E-state index contributed by atoms with van der Waals surface area (Å²) in [5.74, 6) is 7.19. The van der Waals surface area contributed by atoms with Gasteiger partial charge in [0.25, 0.3) is 0 Å². The Balaban J connectivity index is 1.46. The Morgan fingerprint density at radius 3 is 2.72 bits per heavy atom. The molecule has 1 amide bonds. The van der Waals surface area contributed by atoms with Crippen molar-refractivity contribution in [3.63, 3.8) is 0 Å². The summed E-state index contributed by atoms with van der Waals surface area (Å²) < 4.78 is 8.09. The average Bonchev–Trinajstić information content (AvgIpc) is 3.42.